The number of hydrogen-bond acceptors (Lipinski definition) is 3. The van der Waals surface area contributed by atoms with E-state index in [9.17, 15) is 9.18 Å². The van der Waals surface area contributed by atoms with Gasteiger partial charge in [0.05, 0.1) is 5.52 Å². The third kappa shape index (κ3) is 2.71. The minimum atomic E-state index is -0.200. The molecule has 5 nitrogen and oxygen atoms in total. The van der Waals surface area contributed by atoms with Crippen LogP contribution in [-0.4, -0.2) is 37.9 Å². The second-order valence-corrected chi connectivity index (χ2v) is 7.73. The van der Waals surface area contributed by atoms with Gasteiger partial charge in [-0.25, -0.2) is 9.07 Å². The third-order valence-corrected chi connectivity index (χ3v) is 6.17. The number of amides is 1. The van der Waals surface area contributed by atoms with Crippen LogP contribution in [0.3, 0.4) is 0 Å². The first-order valence-corrected chi connectivity index (χ1v) is 9.48. The topological polar surface area (TPSA) is 51.0 Å². The molecule has 2 fully saturated rings. The van der Waals surface area contributed by atoms with Gasteiger partial charge in [0, 0.05) is 24.7 Å². The summed E-state index contributed by atoms with van der Waals surface area (Å²) in [4.78, 5) is 15.3. The quantitative estimate of drug-likeness (QED) is 0.697. The molecular formula is C21H21FN4O. The molecule has 0 aliphatic carbocycles. The molecule has 0 unspecified atom stereocenters. The Hall–Kier alpha value is -2.76. The molecule has 2 aromatic carbocycles. The van der Waals surface area contributed by atoms with Crippen LogP contribution < -0.4 is 0 Å². The number of nitrogens with zero attached hydrogens (tertiary/aromatic N) is 4. The number of benzene rings is 2. The van der Waals surface area contributed by atoms with Gasteiger partial charge in [-0.1, -0.05) is 17.3 Å². The Labute approximate surface area is 156 Å². The lowest BCUT2D eigenvalue weighted by Crippen LogP contribution is -2.46. The minimum absolute atomic E-state index is 0.0904. The van der Waals surface area contributed by atoms with Crippen molar-refractivity contribution in [1.82, 2.24) is 19.9 Å². The number of carbonyl (C=O) groups is 1. The van der Waals surface area contributed by atoms with Crippen molar-refractivity contribution in [2.75, 3.05) is 0 Å². The molecule has 27 heavy (non-hydrogen) atoms. The molecule has 2 saturated heterocycles. The van der Waals surface area contributed by atoms with Crippen molar-refractivity contribution < 1.29 is 9.18 Å². The van der Waals surface area contributed by atoms with E-state index in [1.165, 1.54) is 17.7 Å². The highest BCUT2D eigenvalue weighted by atomic mass is 19.1. The molecule has 0 radical (unpaired) electrons. The molecule has 3 heterocycles. The maximum atomic E-state index is 13.2. The number of piperidine rings is 1. The van der Waals surface area contributed by atoms with Crippen LogP contribution in [0.2, 0.25) is 0 Å². The molecule has 0 N–H and O–H groups in total. The second-order valence-electron chi connectivity index (χ2n) is 7.73. The first-order valence-electron chi connectivity index (χ1n) is 9.48. The number of halogens is 1. The van der Waals surface area contributed by atoms with E-state index in [0.717, 1.165) is 36.7 Å². The van der Waals surface area contributed by atoms with Crippen LogP contribution in [0.15, 0.2) is 42.5 Å². The molecule has 3 aromatic rings. The van der Waals surface area contributed by atoms with E-state index in [2.05, 4.69) is 15.2 Å². The molecule has 2 bridgehead atoms. The highest BCUT2D eigenvalue weighted by Crippen LogP contribution is 2.43. The van der Waals surface area contributed by atoms with Crippen molar-refractivity contribution >= 4 is 16.9 Å². The Morgan fingerprint density at radius 1 is 1.07 bits per heavy atom. The summed E-state index contributed by atoms with van der Waals surface area (Å²) >= 11 is 0. The van der Waals surface area contributed by atoms with E-state index in [4.69, 9.17) is 0 Å². The zero-order valence-corrected chi connectivity index (χ0v) is 15.2. The van der Waals surface area contributed by atoms with Gasteiger partial charge in [-0.05, 0) is 67.5 Å². The number of rotatable bonds is 2. The van der Waals surface area contributed by atoms with Gasteiger partial charge in [0.2, 0.25) is 0 Å². The summed E-state index contributed by atoms with van der Waals surface area (Å²) in [6, 6.07) is 13.0. The van der Waals surface area contributed by atoms with Crippen molar-refractivity contribution in [1.29, 1.82) is 0 Å². The molecule has 3 atom stereocenters. The second kappa shape index (κ2) is 6.15. The largest absolute Gasteiger partial charge is 0.333 e. The molecule has 0 saturated carbocycles. The summed E-state index contributed by atoms with van der Waals surface area (Å²) in [6.07, 6.45) is 3.98. The summed E-state index contributed by atoms with van der Waals surface area (Å²) < 4.78 is 14.9. The molecule has 138 valence electrons. The lowest BCUT2D eigenvalue weighted by molar-refractivity contribution is 0.0571. The van der Waals surface area contributed by atoms with E-state index in [-0.39, 0.29) is 23.8 Å². The standard InChI is InChI=1S/C21H21FN4O/c1-25-20-9-4-14(12-19(20)23-24-25)21(27)26-17-7-8-18(26)11-15(10-17)13-2-5-16(22)6-3-13/h2-6,9,12,15,17-18H,7-8,10-11H2,1H3/t15-,17+,18-. The predicted octanol–water partition coefficient (Wildman–Crippen LogP) is 3.66. The smallest absolute Gasteiger partial charge is 0.254 e. The molecule has 0 spiro atoms. The number of carbonyl (C=O) groups excluding carboxylic acids is 1. The highest BCUT2D eigenvalue weighted by molar-refractivity contribution is 5.97. The highest BCUT2D eigenvalue weighted by Gasteiger charge is 2.43. The van der Waals surface area contributed by atoms with E-state index in [0.29, 0.717) is 11.5 Å². The number of aromatic nitrogens is 3. The lowest BCUT2D eigenvalue weighted by Gasteiger charge is -2.39. The van der Waals surface area contributed by atoms with Gasteiger partial charge in [0.1, 0.15) is 11.3 Å². The Balaban J connectivity index is 1.39. The van der Waals surface area contributed by atoms with E-state index < -0.39 is 0 Å². The van der Waals surface area contributed by atoms with E-state index >= 15 is 0 Å². The first kappa shape index (κ1) is 16.4. The fourth-order valence-corrected chi connectivity index (χ4v) is 4.84. The molecule has 5 rings (SSSR count). The summed E-state index contributed by atoms with van der Waals surface area (Å²) in [5, 5.41) is 8.15. The van der Waals surface area contributed by atoms with Gasteiger partial charge >= 0.3 is 0 Å². The van der Waals surface area contributed by atoms with Crippen LogP contribution in [0.4, 0.5) is 4.39 Å². The number of fused-ring (bicyclic) bond motifs is 3. The maximum Gasteiger partial charge on any atom is 0.254 e. The Bertz CT molecular complexity index is 999. The van der Waals surface area contributed by atoms with Gasteiger partial charge in [-0.3, -0.25) is 4.79 Å². The summed E-state index contributed by atoms with van der Waals surface area (Å²) in [7, 11) is 1.84. The van der Waals surface area contributed by atoms with Gasteiger partial charge in [-0.2, -0.15) is 0 Å². The van der Waals surface area contributed by atoms with Crippen LogP contribution in [0.1, 0.15) is 47.5 Å². The van der Waals surface area contributed by atoms with Crippen molar-refractivity contribution in [3.8, 4) is 0 Å². The zero-order valence-electron chi connectivity index (χ0n) is 15.2. The van der Waals surface area contributed by atoms with Gasteiger partial charge in [0.15, 0.2) is 0 Å². The molecule has 1 amide bonds. The molecule has 1 aromatic heterocycles. The summed E-state index contributed by atoms with van der Waals surface area (Å²) in [6.45, 7) is 0. The van der Waals surface area contributed by atoms with Crippen LogP contribution in [0.5, 0.6) is 0 Å². The Morgan fingerprint density at radius 3 is 2.48 bits per heavy atom. The van der Waals surface area contributed by atoms with Crippen LogP contribution in [-0.2, 0) is 7.05 Å². The fourth-order valence-electron chi connectivity index (χ4n) is 4.84. The SMILES string of the molecule is Cn1nnc2cc(C(=O)N3[C@@H]4CC[C@H]3C[C@@H](c3ccc(F)cc3)C4)ccc21. The fraction of sp³-hybridized carbons (Fsp3) is 0.381. The van der Waals surface area contributed by atoms with Gasteiger partial charge in [0.25, 0.3) is 5.91 Å². The Kier molecular flexibility index (Phi) is 3.74. The van der Waals surface area contributed by atoms with E-state index in [1.54, 1.807) is 4.68 Å². The zero-order chi connectivity index (χ0) is 18.5. The monoisotopic (exact) mass is 364 g/mol. The van der Waals surface area contributed by atoms with Gasteiger partial charge < -0.3 is 4.90 Å². The van der Waals surface area contributed by atoms with Crippen LogP contribution in [0.25, 0.3) is 11.0 Å². The minimum Gasteiger partial charge on any atom is -0.333 e. The van der Waals surface area contributed by atoms with E-state index in [1.807, 2.05) is 37.4 Å². The normalized spacial score (nSPS) is 24.5. The average molecular weight is 364 g/mol. The van der Waals surface area contributed by atoms with Crippen LogP contribution >= 0.6 is 0 Å². The summed E-state index contributed by atoms with van der Waals surface area (Å²) in [5.41, 5.74) is 3.53. The van der Waals surface area contributed by atoms with Crippen molar-refractivity contribution in [3.63, 3.8) is 0 Å². The number of hydrogen-bond donors (Lipinski definition) is 0. The van der Waals surface area contributed by atoms with Crippen molar-refractivity contribution in [2.45, 2.75) is 43.7 Å². The number of aryl methyl sites for hydroxylation is 1. The van der Waals surface area contributed by atoms with Crippen LogP contribution in [0, 0.1) is 5.82 Å². The molecule has 2 aliphatic heterocycles. The average Bonchev–Trinajstić information content (AvgIpc) is 3.18. The predicted molar refractivity (Wildman–Crippen MR) is 99.9 cm³/mol. The summed E-state index contributed by atoms with van der Waals surface area (Å²) in [5.74, 6) is 0.288. The van der Waals surface area contributed by atoms with Gasteiger partial charge in [-0.15, -0.1) is 5.10 Å². The van der Waals surface area contributed by atoms with Crippen molar-refractivity contribution in [2.24, 2.45) is 7.05 Å². The lowest BCUT2D eigenvalue weighted by atomic mass is 9.85. The van der Waals surface area contributed by atoms with Crippen molar-refractivity contribution in [3.05, 3.63) is 59.4 Å². The Morgan fingerprint density at radius 2 is 1.78 bits per heavy atom. The first-order chi connectivity index (χ1) is 13.1. The maximum absolute atomic E-state index is 13.2. The molecule has 6 heteroatoms. The third-order valence-electron chi connectivity index (χ3n) is 6.17. The molecular weight excluding hydrogens is 343 g/mol. The molecule has 2 aliphatic rings.